The van der Waals surface area contributed by atoms with Gasteiger partial charge >= 0.3 is 11.6 Å². The minimum atomic E-state index is -0.626. The van der Waals surface area contributed by atoms with Gasteiger partial charge in [0.15, 0.2) is 5.71 Å². The molecular weight excluding hydrogens is 398 g/mol. The van der Waals surface area contributed by atoms with Crippen molar-refractivity contribution in [1.82, 2.24) is 0 Å². The summed E-state index contributed by atoms with van der Waals surface area (Å²) in [6.07, 6.45) is 0. The van der Waals surface area contributed by atoms with Gasteiger partial charge in [0.25, 0.3) is 0 Å². The number of halogens is 1. The van der Waals surface area contributed by atoms with Crippen LogP contribution >= 0.6 is 11.6 Å². The second-order valence-electron chi connectivity index (χ2n) is 6.05. The molecule has 0 bridgehead atoms. The van der Waals surface area contributed by atoms with Crippen LogP contribution in [0.2, 0.25) is 5.02 Å². The van der Waals surface area contributed by atoms with E-state index in [2.05, 4.69) is 5.16 Å². The molecule has 3 aromatic rings. The van der Waals surface area contributed by atoms with Crippen LogP contribution in [-0.2, 0) is 21.0 Å². The molecule has 0 saturated carbocycles. The Bertz CT molecular complexity index is 1150. The molecule has 0 aliphatic carbocycles. The standard InChI is InChI=1S/C21H18ClNO6/c1-12-15-9-8-14(10-17(15)29-20(24)18(12)22)28-11-13-6-4-5-7-16(13)19(23-27-3)21(25)26-2/h4-10H,11H2,1-3H3/b23-19+. The number of rotatable bonds is 6. The van der Waals surface area contributed by atoms with E-state index in [4.69, 9.17) is 30.3 Å². The number of hydrogen-bond donors (Lipinski definition) is 0. The lowest BCUT2D eigenvalue weighted by Gasteiger charge is -2.12. The van der Waals surface area contributed by atoms with Crippen LogP contribution in [0, 0.1) is 6.92 Å². The Morgan fingerprint density at radius 1 is 1.17 bits per heavy atom. The molecule has 0 radical (unpaired) electrons. The van der Waals surface area contributed by atoms with Crippen molar-refractivity contribution in [2.75, 3.05) is 14.2 Å². The van der Waals surface area contributed by atoms with E-state index in [0.717, 1.165) is 5.39 Å². The Hall–Kier alpha value is -3.32. The maximum atomic E-state index is 12.0. The highest BCUT2D eigenvalue weighted by atomic mass is 35.5. The number of carbonyl (C=O) groups excluding carboxylic acids is 1. The second-order valence-corrected chi connectivity index (χ2v) is 6.42. The van der Waals surface area contributed by atoms with Crippen LogP contribution in [0.4, 0.5) is 0 Å². The van der Waals surface area contributed by atoms with Crippen molar-refractivity contribution in [1.29, 1.82) is 0 Å². The molecule has 0 aliphatic rings. The first-order chi connectivity index (χ1) is 14.0. The zero-order valence-electron chi connectivity index (χ0n) is 16.0. The Labute approximate surface area is 171 Å². The van der Waals surface area contributed by atoms with Crippen LogP contribution in [0.3, 0.4) is 0 Å². The first-order valence-corrected chi connectivity index (χ1v) is 8.97. The van der Waals surface area contributed by atoms with E-state index < -0.39 is 11.6 Å². The number of fused-ring (bicyclic) bond motifs is 1. The quantitative estimate of drug-likeness (QED) is 0.263. The van der Waals surface area contributed by atoms with Crippen LogP contribution in [0.1, 0.15) is 16.7 Å². The Balaban J connectivity index is 1.91. The van der Waals surface area contributed by atoms with E-state index in [-0.39, 0.29) is 17.3 Å². The number of aryl methyl sites for hydroxylation is 1. The highest BCUT2D eigenvalue weighted by Gasteiger charge is 2.19. The normalized spacial score (nSPS) is 11.4. The second kappa shape index (κ2) is 8.79. The minimum absolute atomic E-state index is 0.0315. The van der Waals surface area contributed by atoms with Gasteiger partial charge in [-0.2, -0.15) is 0 Å². The van der Waals surface area contributed by atoms with Crippen molar-refractivity contribution in [3.05, 3.63) is 74.6 Å². The smallest absolute Gasteiger partial charge is 0.360 e. The van der Waals surface area contributed by atoms with E-state index in [0.29, 0.717) is 28.0 Å². The van der Waals surface area contributed by atoms with Gasteiger partial charge in [0.1, 0.15) is 30.1 Å². The summed E-state index contributed by atoms with van der Waals surface area (Å²) in [5.74, 6) is -0.139. The zero-order valence-corrected chi connectivity index (χ0v) is 16.8. The lowest BCUT2D eigenvalue weighted by atomic mass is 10.0. The number of benzene rings is 2. The number of carbonyl (C=O) groups is 1. The van der Waals surface area contributed by atoms with E-state index in [1.165, 1.54) is 14.2 Å². The summed E-state index contributed by atoms with van der Waals surface area (Å²) in [5.41, 5.74) is 1.67. The van der Waals surface area contributed by atoms with Gasteiger partial charge in [-0.25, -0.2) is 9.59 Å². The number of esters is 1. The summed E-state index contributed by atoms with van der Waals surface area (Å²) in [6.45, 7) is 1.89. The van der Waals surface area contributed by atoms with Gasteiger partial charge in [0.2, 0.25) is 0 Å². The molecule has 3 rings (SSSR count). The molecule has 29 heavy (non-hydrogen) atoms. The zero-order chi connectivity index (χ0) is 21.0. The van der Waals surface area contributed by atoms with Gasteiger partial charge in [-0.3, -0.25) is 0 Å². The number of methoxy groups -OCH3 is 1. The van der Waals surface area contributed by atoms with E-state index in [1.807, 2.05) is 6.07 Å². The number of oxime groups is 1. The first-order valence-electron chi connectivity index (χ1n) is 8.59. The molecule has 0 spiro atoms. The fourth-order valence-electron chi connectivity index (χ4n) is 2.83. The van der Waals surface area contributed by atoms with Gasteiger partial charge in [-0.15, -0.1) is 0 Å². The van der Waals surface area contributed by atoms with Gasteiger partial charge in [-0.05, 0) is 30.2 Å². The molecular formula is C21H18ClNO6. The summed E-state index contributed by atoms with van der Waals surface area (Å²) in [7, 11) is 2.61. The van der Waals surface area contributed by atoms with Crippen molar-refractivity contribution in [2.45, 2.75) is 13.5 Å². The number of hydrogen-bond acceptors (Lipinski definition) is 7. The molecule has 0 N–H and O–H groups in total. The largest absolute Gasteiger partial charge is 0.489 e. The summed E-state index contributed by atoms with van der Waals surface area (Å²) in [4.78, 5) is 28.6. The van der Waals surface area contributed by atoms with Crippen LogP contribution in [-0.4, -0.2) is 25.9 Å². The van der Waals surface area contributed by atoms with Gasteiger partial charge < -0.3 is 18.7 Å². The Morgan fingerprint density at radius 2 is 1.93 bits per heavy atom. The maximum Gasteiger partial charge on any atom is 0.360 e. The fraction of sp³-hybridized carbons (Fsp3) is 0.190. The van der Waals surface area contributed by atoms with Gasteiger partial charge in [0.05, 0.1) is 7.11 Å². The summed E-state index contributed by atoms with van der Waals surface area (Å²) in [6, 6.07) is 12.2. The maximum absolute atomic E-state index is 12.0. The van der Waals surface area contributed by atoms with Crippen molar-refractivity contribution in [2.24, 2.45) is 5.16 Å². The number of nitrogens with zero attached hydrogens (tertiary/aromatic N) is 1. The Kier molecular flexibility index (Phi) is 6.19. The van der Waals surface area contributed by atoms with Crippen LogP contribution in [0.15, 0.2) is 56.8 Å². The lowest BCUT2D eigenvalue weighted by Crippen LogP contribution is -2.19. The van der Waals surface area contributed by atoms with Gasteiger partial charge in [-0.1, -0.05) is 41.0 Å². The van der Waals surface area contributed by atoms with Crippen LogP contribution < -0.4 is 10.4 Å². The number of ether oxygens (including phenoxy) is 2. The van der Waals surface area contributed by atoms with E-state index in [1.54, 1.807) is 43.3 Å². The highest BCUT2D eigenvalue weighted by Crippen LogP contribution is 2.26. The molecule has 0 atom stereocenters. The third kappa shape index (κ3) is 4.25. The third-order valence-corrected chi connectivity index (χ3v) is 4.73. The predicted octanol–water partition coefficient (Wildman–Crippen LogP) is 3.86. The first kappa shape index (κ1) is 20.4. The fourth-order valence-corrected chi connectivity index (χ4v) is 2.97. The summed E-state index contributed by atoms with van der Waals surface area (Å²) < 4.78 is 15.9. The average molecular weight is 416 g/mol. The molecule has 7 nitrogen and oxygen atoms in total. The Morgan fingerprint density at radius 3 is 2.66 bits per heavy atom. The molecule has 2 aromatic carbocycles. The molecule has 0 unspecified atom stereocenters. The molecule has 1 aromatic heterocycles. The van der Waals surface area contributed by atoms with E-state index in [9.17, 15) is 9.59 Å². The molecule has 0 fully saturated rings. The molecule has 150 valence electrons. The highest BCUT2D eigenvalue weighted by molar-refractivity contribution is 6.43. The van der Waals surface area contributed by atoms with Crippen molar-refractivity contribution in [3.8, 4) is 5.75 Å². The minimum Gasteiger partial charge on any atom is -0.489 e. The van der Waals surface area contributed by atoms with Crippen LogP contribution in [0.5, 0.6) is 5.75 Å². The summed E-state index contributed by atoms with van der Waals surface area (Å²) >= 11 is 5.95. The third-order valence-electron chi connectivity index (χ3n) is 4.30. The van der Waals surface area contributed by atoms with Crippen molar-refractivity contribution < 1.29 is 23.5 Å². The molecule has 0 saturated heterocycles. The lowest BCUT2D eigenvalue weighted by molar-refractivity contribution is -0.132. The van der Waals surface area contributed by atoms with Crippen molar-refractivity contribution >= 4 is 34.3 Å². The van der Waals surface area contributed by atoms with Gasteiger partial charge in [0, 0.05) is 17.0 Å². The van der Waals surface area contributed by atoms with Crippen molar-refractivity contribution in [3.63, 3.8) is 0 Å². The molecule has 0 amide bonds. The van der Waals surface area contributed by atoms with Crippen LogP contribution in [0.25, 0.3) is 11.0 Å². The van der Waals surface area contributed by atoms with E-state index >= 15 is 0 Å². The predicted molar refractivity (Wildman–Crippen MR) is 109 cm³/mol. The summed E-state index contributed by atoms with van der Waals surface area (Å²) in [5, 5.41) is 4.56. The molecule has 0 aliphatic heterocycles. The molecule has 8 heteroatoms. The topological polar surface area (TPSA) is 87.3 Å². The SMILES string of the molecule is CO/N=C(/C(=O)OC)c1ccccc1COc1ccc2c(C)c(Cl)c(=O)oc2c1. The monoisotopic (exact) mass is 415 g/mol. The average Bonchev–Trinajstić information content (AvgIpc) is 2.74. The molecule has 1 heterocycles.